The fourth-order valence-corrected chi connectivity index (χ4v) is 2.50. The van der Waals surface area contributed by atoms with E-state index in [2.05, 4.69) is 15.6 Å². The Morgan fingerprint density at radius 3 is 2.22 bits per heavy atom. The molecule has 0 saturated carbocycles. The summed E-state index contributed by atoms with van der Waals surface area (Å²) in [7, 11) is 0. The van der Waals surface area contributed by atoms with Gasteiger partial charge in [-0.05, 0) is 54.4 Å². The first-order valence-corrected chi connectivity index (χ1v) is 8.94. The molecule has 0 aliphatic heterocycles. The van der Waals surface area contributed by atoms with Crippen LogP contribution in [-0.4, -0.2) is 10.9 Å². The third-order valence-electron chi connectivity index (χ3n) is 3.75. The van der Waals surface area contributed by atoms with E-state index >= 15 is 0 Å². The topological polar surface area (TPSA) is 63.2 Å². The molecule has 27 heavy (non-hydrogen) atoms. The van der Waals surface area contributed by atoms with Crippen LogP contribution in [0.2, 0.25) is 0 Å². The molecular formula is C22H23N3O2. The lowest BCUT2D eigenvalue weighted by molar-refractivity contribution is -0.116. The molecule has 5 heteroatoms. The van der Waals surface area contributed by atoms with Crippen molar-refractivity contribution in [2.24, 2.45) is 5.92 Å². The Hall–Kier alpha value is -3.34. The normalized spacial score (nSPS) is 10.5. The summed E-state index contributed by atoms with van der Waals surface area (Å²) in [4.78, 5) is 16.1. The highest BCUT2D eigenvalue weighted by Crippen LogP contribution is 2.24. The molecule has 0 radical (unpaired) electrons. The SMILES string of the molecule is CC(C)CC(=O)Nc1ccc(Nc2ccc(Oc3ccccc3)cc2)cn1. The lowest BCUT2D eigenvalue weighted by atomic mass is 10.1. The van der Waals surface area contributed by atoms with Crippen molar-refractivity contribution in [3.05, 3.63) is 72.9 Å². The van der Waals surface area contributed by atoms with E-state index in [1.165, 1.54) is 0 Å². The smallest absolute Gasteiger partial charge is 0.225 e. The molecule has 0 aliphatic rings. The summed E-state index contributed by atoms with van der Waals surface area (Å²) in [6.45, 7) is 4.02. The number of hydrogen-bond acceptors (Lipinski definition) is 4. The van der Waals surface area contributed by atoms with E-state index in [1.807, 2.05) is 74.5 Å². The third-order valence-corrected chi connectivity index (χ3v) is 3.75. The highest BCUT2D eigenvalue weighted by molar-refractivity contribution is 5.89. The van der Waals surface area contributed by atoms with Gasteiger partial charge in [-0.2, -0.15) is 0 Å². The maximum Gasteiger partial charge on any atom is 0.225 e. The average molecular weight is 361 g/mol. The van der Waals surface area contributed by atoms with Crippen LogP contribution in [0.25, 0.3) is 0 Å². The van der Waals surface area contributed by atoms with E-state index in [-0.39, 0.29) is 5.91 Å². The quantitative estimate of drug-likeness (QED) is 0.575. The van der Waals surface area contributed by atoms with Crippen LogP contribution >= 0.6 is 0 Å². The monoisotopic (exact) mass is 361 g/mol. The first-order chi connectivity index (χ1) is 13.1. The molecule has 0 saturated heterocycles. The molecule has 0 spiro atoms. The minimum atomic E-state index is -0.0211. The summed E-state index contributed by atoms with van der Waals surface area (Å²) >= 11 is 0. The van der Waals surface area contributed by atoms with Gasteiger partial charge in [0, 0.05) is 12.1 Å². The van der Waals surface area contributed by atoms with Crippen LogP contribution < -0.4 is 15.4 Å². The number of aromatic nitrogens is 1. The Morgan fingerprint density at radius 2 is 1.59 bits per heavy atom. The zero-order chi connectivity index (χ0) is 19.1. The van der Waals surface area contributed by atoms with Gasteiger partial charge in [0.05, 0.1) is 11.9 Å². The third kappa shape index (κ3) is 5.85. The second kappa shape index (κ2) is 8.85. The van der Waals surface area contributed by atoms with E-state index in [0.717, 1.165) is 22.9 Å². The first-order valence-electron chi connectivity index (χ1n) is 8.94. The molecule has 1 amide bonds. The number of pyridine rings is 1. The van der Waals surface area contributed by atoms with Crippen molar-refractivity contribution >= 4 is 23.1 Å². The maximum atomic E-state index is 11.8. The number of nitrogens with zero attached hydrogens (tertiary/aromatic N) is 1. The number of amides is 1. The summed E-state index contributed by atoms with van der Waals surface area (Å²) < 4.78 is 5.78. The lowest BCUT2D eigenvalue weighted by Gasteiger charge is -2.10. The molecule has 0 bridgehead atoms. The summed E-state index contributed by atoms with van der Waals surface area (Å²) in [6, 6.07) is 21.0. The fourth-order valence-electron chi connectivity index (χ4n) is 2.50. The van der Waals surface area contributed by atoms with Crippen LogP contribution in [0, 0.1) is 5.92 Å². The number of benzene rings is 2. The zero-order valence-corrected chi connectivity index (χ0v) is 15.5. The molecule has 2 aromatic carbocycles. The molecule has 3 aromatic rings. The first kappa shape index (κ1) is 18.5. The van der Waals surface area contributed by atoms with Crippen molar-refractivity contribution in [1.82, 2.24) is 4.98 Å². The predicted octanol–water partition coefficient (Wildman–Crippen LogP) is 5.60. The van der Waals surface area contributed by atoms with Gasteiger partial charge in [-0.3, -0.25) is 4.79 Å². The summed E-state index contributed by atoms with van der Waals surface area (Å²) in [5.74, 6) is 2.43. The number of carbonyl (C=O) groups is 1. The van der Waals surface area contributed by atoms with E-state index in [0.29, 0.717) is 18.2 Å². The van der Waals surface area contributed by atoms with Gasteiger partial charge in [-0.25, -0.2) is 4.98 Å². The van der Waals surface area contributed by atoms with Gasteiger partial charge in [-0.1, -0.05) is 32.0 Å². The van der Waals surface area contributed by atoms with Crippen LogP contribution in [0.1, 0.15) is 20.3 Å². The molecule has 2 N–H and O–H groups in total. The van der Waals surface area contributed by atoms with Crippen molar-refractivity contribution in [2.45, 2.75) is 20.3 Å². The summed E-state index contributed by atoms with van der Waals surface area (Å²) in [5, 5.41) is 6.08. The van der Waals surface area contributed by atoms with Gasteiger partial charge >= 0.3 is 0 Å². The number of ether oxygens (including phenoxy) is 1. The van der Waals surface area contributed by atoms with Crippen LogP contribution in [0.5, 0.6) is 11.5 Å². The van der Waals surface area contributed by atoms with Crippen LogP contribution in [0.15, 0.2) is 72.9 Å². The van der Waals surface area contributed by atoms with Gasteiger partial charge in [0.1, 0.15) is 17.3 Å². The molecule has 0 atom stereocenters. The van der Waals surface area contributed by atoms with E-state index in [9.17, 15) is 4.79 Å². The molecule has 138 valence electrons. The largest absolute Gasteiger partial charge is 0.457 e. The van der Waals surface area contributed by atoms with Crippen molar-refractivity contribution < 1.29 is 9.53 Å². The molecule has 0 aliphatic carbocycles. The van der Waals surface area contributed by atoms with Crippen LogP contribution in [0.4, 0.5) is 17.2 Å². The molecule has 0 unspecified atom stereocenters. The molecule has 3 rings (SSSR count). The highest BCUT2D eigenvalue weighted by Gasteiger charge is 2.06. The van der Waals surface area contributed by atoms with Crippen molar-refractivity contribution in [3.8, 4) is 11.5 Å². The number of para-hydroxylation sites is 1. The fraction of sp³-hybridized carbons (Fsp3) is 0.182. The second-order valence-corrected chi connectivity index (χ2v) is 6.64. The van der Waals surface area contributed by atoms with Gasteiger partial charge in [0.15, 0.2) is 0 Å². The van der Waals surface area contributed by atoms with Crippen LogP contribution in [-0.2, 0) is 4.79 Å². The van der Waals surface area contributed by atoms with Gasteiger partial charge in [0.2, 0.25) is 5.91 Å². The predicted molar refractivity (Wildman–Crippen MR) is 109 cm³/mol. The minimum Gasteiger partial charge on any atom is -0.457 e. The summed E-state index contributed by atoms with van der Waals surface area (Å²) in [6.07, 6.45) is 2.18. The van der Waals surface area contributed by atoms with E-state index < -0.39 is 0 Å². The number of carbonyl (C=O) groups excluding carboxylic acids is 1. The molecular weight excluding hydrogens is 338 g/mol. The lowest BCUT2D eigenvalue weighted by Crippen LogP contribution is -2.14. The van der Waals surface area contributed by atoms with Gasteiger partial charge in [0.25, 0.3) is 0 Å². The summed E-state index contributed by atoms with van der Waals surface area (Å²) in [5.41, 5.74) is 1.77. The van der Waals surface area contributed by atoms with Gasteiger partial charge in [-0.15, -0.1) is 0 Å². The standard InChI is InChI=1S/C22H23N3O2/c1-16(2)14-22(26)25-21-13-10-18(15-23-21)24-17-8-11-20(12-9-17)27-19-6-4-3-5-7-19/h3-13,15-16,24H,14H2,1-2H3,(H,23,25,26). The van der Waals surface area contributed by atoms with Crippen molar-refractivity contribution in [1.29, 1.82) is 0 Å². The Labute approximate surface area is 159 Å². The molecule has 0 fully saturated rings. The van der Waals surface area contributed by atoms with Crippen molar-refractivity contribution in [3.63, 3.8) is 0 Å². The Balaban J connectivity index is 1.56. The molecule has 5 nitrogen and oxygen atoms in total. The minimum absolute atomic E-state index is 0.0211. The Morgan fingerprint density at radius 1 is 0.926 bits per heavy atom. The second-order valence-electron chi connectivity index (χ2n) is 6.64. The number of hydrogen-bond donors (Lipinski definition) is 2. The number of anilines is 3. The molecule has 1 aromatic heterocycles. The van der Waals surface area contributed by atoms with E-state index in [1.54, 1.807) is 12.3 Å². The maximum absolute atomic E-state index is 11.8. The Kier molecular flexibility index (Phi) is 6.05. The number of nitrogens with one attached hydrogen (secondary N) is 2. The van der Waals surface area contributed by atoms with Crippen molar-refractivity contribution in [2.75, 3.05) is 10.6 Å². The molecule has 1 heterocycles. The van der Waals surface area contributed by atoms with Crippen LogP contribution in [0.3, 0.4) is 0 Å². The average Bonchev–Trinajstić information content (AvgIpc) is 2.65. The van der Waals surface area contributed by atoms with Gasteiger partial charge < -0.3 is 15.4 Å². The number of rotatable bonds is 7. The van der Waals surface area contributed by atoms with E-state index in [4.69, 9.17) is 4.74 Å². The zero-order valence-electron chi connectivity index (χ0n) is 15.5. The highest BCUT2D eigenvalue weighted by atomic mass is 16.5. The Bertz CT molecular complexity index is 860.